The second-order valence-corrected chi connectivity index (χ2v) is 4.87. The van der Waals surface area contributed by atoms with E-state index in [2.05, 4.69) is 0 Å². The second kappa shape index (κ2) is 7.14. The van der Waals surface area contributed by atoms with E-state index in [0.29, 0.717) is 11.5 Å². The van der Waals surface area contributed by atoms with Crippen LogP contribution in [0.15, 0.2) is 18.2 Å². The standard InChI is InChI=1S/C15H21NO4/c1-19-14-9-12(10-17)5-6-13(14)20-11-15(18)16-7-3-2-4-8-16/h5-6,9,17H,2-4,7-8,10-11H2,1H3. The molecule has 0 aromatic heterocycles. The van der Waals surface area contributed by atoms with Gasteiger partial charge in [0.2, 0.25) is 0 Å². The van der Waals surface area contributed by atoms with Crippen LogP contribution in [0.1, 0.15) is 24.8 Å². The highest BCUT2D eigenvalue weighted by molar-refractivity contribution is 5.78. The van der Waals surface area contributed by atoms with E-state index in [0.717, 1.165) is 31.5 Å². The molecule has 1 fully saturated rings. The lowest BCUT2D eigenvalue weighted by Crippen LogP contribution is -2.38. The van der Waals surface area contributed by atoms with Gasteiger partial charge in [-0.05, 0) is 37.0 Å². The van der Waals surface area contributed by atoms with Crippen molar-refractivity contribution in [1.29, 1.82) is 0 Å². The maximum absolute atomic E-state index is 12.0. The average molecular weight is 279 g/mol. The Kier molecular flexibility index (Phi) is 5.24. The van der Waals surface area contributed by atoms with Crippen LogP contribution >= 0.6 is 0 Å². The van der Waals surface area contributed by atoms with Crippen LogP contribution < -0.4 is 9.47 Å². The first-order valence-corrected chi connectivity index (χ1v) is 6.93. The molecule has 20 heavy (non-hydrogen) atoms. The summed E-state index contributed by atoms with van der Waals surface area (Å²) in [6.45, 7) is 1.61. The number of amides is 1. The van der Waals surface area contributed by atoms with Crippen LogP contribution in [0.5, 0.6) is 11.5 Å². The number of aliphatic hydroxyl groups is 1. The topological polar surface area (TPSA) is 59.0 Å². The number of aliphatic hydroxyl groups excluding tert-OH is 1. The van der Waals surface area contributed by atoms with Gasteiger partial charge in [0.25, 0.3) is 5.91 Å². The van der Waals surface area contributed by atoms with E-state index in [1.54, 1.807) is 18.2 Å². The fraction of sp³-hybridized carbons (Fsp3) is 0.533. The zero-order chi connectivity index (χ0) is 14.4. The molecule has 110 valence electrons. The Balaban J connectivity index is 1.94. The van der Waals surface area contributed by atoms with Crippen molar-refractivity contribution in [3.05, 3.63) is 23.8 Å². The molecule has 1 saturated heterocycles. The number of rotatable bonds is 5. The Labute approximate surface area is 119 Å². The highest BCUT2D eigenvalue weighted by Crippen LogP contribution is 2.28. The summed E-state index contributed by atoms with van der Waals surface area (Å²) in [4.78, 5) is 13.9. The van der Waals surface area contributed by atoms with Crippen molar-refractivity contribution in [3.8, 4) is 11.5 Å². The number of carbonyl (C=O) groups excluding carboxylic acids is 1. The van der Waals surface area contributed by atoms with Crippen molar-refractivity contribution in [3.63, 3.8) is 0 Å². The number of carbonyl (C=O) groups is 1. The molecule has 0 saturated carbocycles. The third kappa shape index (κ3) is 3.63. The van der Waals surface area contributed by atoms with Crippen molar-refractivity contribution in [2.75, 3.05) is 26.8 Å². The zero-order valence-electron chi connectivity index (χ0n) is 11.8. The number of hydrogen-bond donors (Lipinski definition) is 1. The quantitative estimate of drug-likeness (QED) is 0.889. The van der Waals surface area contributed by atoms with E-state index in [-0.39, 0.29) is 19.1 Å². The molecule has 2 rings (SSSR count). The maximum Gasteiger partial charge on any atom is 0.260 e. The molecule has 1 amide bonds. The van der Waals surface area contributed by atoms with Crippen molar-refractivity contribution in [2.24, 2.45) is 0 Å². The molecule has 5 heteroatoms. The molecular formula is C15H21NO4. The van der Waals surface area contributed by atoms with E-state index >= 15 is 0 Å². The molecule has 1 aliphatic rings. The van der Waals surface area contributed by atoms with Crippen LogP contribution in [0, 0.1) is 0 Å². The normalized spacial score (nSPS) is 15.0. The van der Waals surface area contributed by atoms with Gasteiger partial charge >= 0.3 is 0 Å². The summed E-state index contributed by atoms with van der Waals surface area (Å²) in [5.74, 6) is 1.07. The van der Waals surface area contributed by atoms with Crippen LogP contribution in [0.3, 0.4) is 0 Å². The number of likely N-dealkylation sites (tertiary alicyclic amines) is 1. The van der Waals surface area contributed by atoms with Gasteiger partial charge in [0.1, 0.15) is 0 Å². The van der Waals surface area contributed by atoms with Crippen LogP contribution in [0.2, 0.25) is 0 Å². The Morgan fingerprint density at radius 2 is 2.00 bits per heavy atom. The van der Waals surface area contributed by atoms with E-state index in [1.807, 2.05) is 4.90 Å². The Bertz CT molecular complexity index is 455. The number of ether oxygens (including phenoxy) is 2. The van der Waals surface area contributed by atoms with Gasteiger partial charge in [-0.15, -0.1) is 0 Å². The lowest BCUT2D eigenvalue weighted by Gasteiger charge is -2.26. The maximum atomic E-state index is 12.0. The Morgan fingerprint density at radius 1 is 1.25 bits per heavy atom. The summed E-state index contributed by atoms with van der Waals surface area (Å²) >= 11 is 0. The fourth-order valence-electron chi connectivity index (χ4n) is 2.30. The molecule has 1 aromatic carbocycles. The number of nitrogens with zero attached hydrogens (tertiary/aromatic N) is 1. The third-order valence-electron chi connectivity index (χ3n) is 3.47. The summed E-state index contributed by atoms with van der Waals surface area (Å²) in [6.07, 6.45) is 3.33. The largest absolute Gasteiger partial charge is 0.493 e. The van der Waals surface area contributed by atoms with Gasteiger partial charge in [0, 0.05) is 13.1 Å². The minimum Gasteiger partial charge on any atom is -0.493 e. The highest BCUT2D eigenvalue weighted by atomic mass is 16.5. The molecule has 0 atom stereocenters. The summed E-state index contributed by atoms with van der Waals surface area (Å²) in [5.41, 5.74) is 0.747. The molecule has 1 heterocycles. The monoisotopic (exact) mass is 279 g/mol. The number of benzene rings is 1. The van der Waals surface area contributed by atoms with Crippen LogP contribution in [0.25, 0.3) is 0 Å². The molecule has 1 N–H and O–H groups in total. The van der Waals surface area contributed by atoms with Crippen molar-refractivity contribution >= 4 is 5.91 Å². The lowest BCUT2D eigenvalue weighted by atomic mass is 10.1. The van der Waals surface area contributed by atoms with Gasteiger partial charge in [-0.1, -0.05) is 6.07 Å². The zero-order valence-corrected chi connectivity index (χ0v) is 11.8. The molecule has 0 bridgehead atoms. The molecular weight excluding hydrogens is 258 g/mol. The molecule has 1 aliphatic heterocycles. The van der Waals surface area contributed by atoms with Gasteiger partial charge in [0.05, 0.1) is 13.7 Å². The molecule has 1 aromatic rings. The van der Waals surface area contributed by atoms with Crippen LogP contribution in [-0.2, 0) is 11.4 Å². The highest BCUT2D eigenvalue weighted by Gasteiger charge is 2.17. The predicted octanol–water partition coefficient (Wildman–Crippen LogP) is 1.58. The van der Waals surface area contributed by atoms with Gasteiger partial charge in [0.15, 0.2) is 18.1 Å². The van der Waals surface area contributed by atoms with Gasteiger partial charge < -0.3 is 19.5 Å². The minimum atomic E-state index is -0.0522. The third-order valence-corrected chi connectivity index (χ3v) is 3.47. The Morgan fingerprint density at radius 3 is 2.65 bits per heavy atom. The van der Waals surface area contributed by atoms with E-state index in [1.165, 1.54) is 13.5 Å². The first-order chi connectivity index (χ1) is 9.74. The number of hydrogen-bond acceptors (Lipinski definition) is 4. The molecule has 0 aliphatic carbocycles. The van der Waals surface area contributed by atoms with Crippen molar-refractivity contribution in [2.45, 2.75) is 25.9 Å². The summed E-state index contributed by atoms with van der Waals surface area (Å²) in [5, 5.41) is 9.08. The predicted molar refractivity (Wildman–Crippen MR) is 74.8 cm³/mol. The summed E-state index contributed by atoms with van der Waals surface area (Å²) in [7, 11) is 1.54. The smallest absolute Gasteiger partial charge is 0.260 e. The molecule has 5 nitrogen and oxygen atoms in total. The van der Waals surface area contributed by atoms with Crippen molar-refractivity contribution < 1.29 is 19.4 Å². The molecule has 0 unspecified atom stereocenters. The first kappa shape index (κ1) is 14.7. The fourth-order valence-corrected chi connectivity index (χ4v) is 2.30. The SMILES string of the molecule is COc1cc(CO)ccc1OCC(=O)N1CCCCC1. The average Bonchev–Trinajstić information content (AvgIpc) is 2.53. The van der Waals surface area contributed by atoms with Gasteiger partial charge in [-0.3, -0.25) is 4.79 Å². The second-order valence-electron chi connectivity index (χ2n) is 4.87. The van der Waals surface area contributed by atoms with E-state index in [9.17, 15) is 4.79 Å². The first-order valence-electron chi connectivity index (χ1n) is 6.93. The van der Waals surface area contributed by atoms with Gasteiger partial charge in [-0.25, -0.2) is 0 Å². The van der Waals surface area contributed by atoms with Crippen LogP contribution in [0.4, 0.5) is 0 Å². The summed E-state index contributed by atoms with van der Waals surface area (Å²) in [6, 6.07) is 5.18. The molecule has 0 spiro atoms. The Hall–Kier alpha value is -1.75. The van der Waals surface area contributed by atoms with E-state index in [4.69, 9.17) is 14.6 Å². The number of methoxy groups -OCH3 is 1. The summed E-state index contributed by atoms with van der Waals surface area (Å²) < 4.78 is 10.7. The minimum absolute atomic E-state index is 0.0120. The van der Waals surface area contributed by atoms with Crippen molar-refractivity contribution in [1.82, 2.24) is 4.90 Å². The molecule has 0 radical (unpaired) electrons. The van der Waals surface area contributed by atoms with E-state index < -0.39 is 0 Å². The van der Waals surface area contributed by atoms with Crippen LogP contribution in [-0.4, -0.2) is 42.7 Å². The van der Waals surface area contributed by atoms with Gasteiger partial charge in [-0.2, -0.15) is 0 Å². The lowest BCUT2D eigenvalue weighted by molar-refractivity contribution is -0.134. The number of piperidine rings is 1.